The van der Waals surface area contributed by atoms with Crippen LogP contribution in [0.3, 0.4) is 0 Å². The van der Waals surface area contributed by atoms with Gasteiger partial charge in [-0.2, -0.15) is 0 Å². The standard InChI is InChI=1S/C24H27N3O2/c1-16(2)17-8-10-18(11-9-17)21-22(24(29)23(21)28)25-19-6-4-5-7-20(19)27-14-12-26(3)13-15-27/h4-11,16,25H,12-15H2,1-3H3. The van der Waals surface area contributed by atoms with E-state index in [1.165, 1.54) is 5.56 Å². The van der Waals surface area contributed by atoms with Gasteiger partial charge in [-0.05, 0) is 36.2 Å². The van der Waals surface area contributed by atoms with Gasteiger partial charge in [0, 0.05) is 26.2 Å². The number of rotatable bonds is 5. The van der Waals surface area contributed by atoms with E-state index in [0.29, 0.717) is 17.2 Å². The van der Waals surface area contributed by atoms with E-state index < -0.39 is 10.9 Å². The second-order valence-corrected chi connectivity index (χ2v) is 8.12. The average molecular weight is 389 g/mol. The molecule has 5 nitrogen and oxygen atoms in total. The molecule has 1 N–H and O–H groups in total. The van der Waals surface area contributed by atoms with Crippen molar-refractivity contribution in [3.05, 3.63) is 74.5 Å². The molecule has 29 heavy (non-hydrogen) atoms. The van der Waals surface area contributed by atoms with Crippen molar-refractivity contribution in [3.8, 4) is 11.1 Å². The number of piperazine rings is 1. The van der Waals surface area contributed by atoms with Crippen molar-refractivity contribution < 1.29 is 0 Å². The number of para-hydroxylation sites is 2. The fraction of sp³-hybridized carbons (Fsp3) is 0.333. The summed E-state index contributed by atoms with van der Waals surface area (Å²) in [6.07, 6.45) is 0. The van der Waals surface area contributed by atoms with Gasteiger partial charge >= 0.3 is 0 Å². The Balaban J connectivity index is 1.64. The molecular formula is C24H27N3O2. The molecule has 0 unspecified atom stereocenters. The van der Waals surface area contributed by atoms with Crippen molar-refractivity contribution in [2.75, 3.05) is 43.4 Å². The molecule has 1 fully saturated rings. The molecule has 5 heteroatoms. The Morgan fingerprint density at radius 3 is 2.17 bits per heavy atom. The summed E-state index contributed by atoms with van der Waals surface area (Å²) in [6, 6.07) is 15.9. The molecule has 0 saturated carbocycles. The molecule has 1 saturated heterocycles. The molecular weight excluding hydrogens is 362 g/mol. The fourth-order valence-corrected chi connectivity index (χ4v) is 3.86. The summed E-state index contributed by atoms with van der Waals surface area (Å²) in [4.78, 5) is 29.3. The van der Waals surface area contributed by atoms with Crippen LogP contribution < -0.4 is 21.1 Å². The normalized spacial score (nSPS) is 15.2. The maximum Gasteiger partial charge on any atom is 0.250 e. The number of hydrogen-bond donors (Lipinski definition) is 1. The monoisotopic (exact) mass is 389 g/mol. The first kappa shape index (κ1) is 19.4. The van der Waals surface area contributed by atoms with E-state index >= 15 is 0 Å². The minimum atomic E-state index is -0.443. The van der Waals surface area contributed by atoms with E-state index in [1.54, 1.807) is 0 Å². The summed E-state index contributed by atoms with van der Waals surface area (Å²) in [5.41, 5.74) is 3.95. The second-order valence-electron chi connectivity index (χ2n) is 8.12. The zero-order valence-corrected chi connectivity index (χ0v) is 17.2. The van der Waals surface area contributed by atoms with Crippen LogP contribution in [0.4, 0.5) is 17.1 Å². The smallest absolute Gasteiger partial charge is 0.250 e. The van der Waals surface area contributed by atoms with Crippen molar-refractivity contribution in [1.82, 2.24) is 4.90 Å². The first-order chi connectivity index (χ1) is 14.0. The summed E-state index contributed by atoms with van der Waals surface area (Å²) >= 11 is 0. The van der Waals surface area contributed by atoms with Crippen LogP contribution >= 0.6 is 0 Å². The lowest BCUT2D eigenvalue weighted by atomic mass is 9.95. The van der Waals surface area contributed by atoms with Gasteiger partial charge in [0.05, 0.1) is 16.9 Å². The average Bonchev–Trinajstić information content (AvgIpc) is 2.74. The molecule has 1 heterocycles. The number of nitrogens with one attached hydrogen (secondary N) is 1. The minimum Gasteiger partial charge on any atom is -0.367 e. The SMILES string of the molecule is CC(C)c1ccc(-c2c(Nc3ccccc3N3CCN(C)CC3)c(=O)c2=O)cc1. The number of benzene rings is 2. The topological polar surface area (TPSA) is 52.6 Å². The molecule has 150 valence electrons. The highest BCUT2D eigenvalue weighted by Gasteiger charge is 2.24. The van der Waals surface area contributed by atoms with Gasteiger partial charge in [0.25, 0.3) is 5.43 Å². The Labute approximate surface area is 171 Å². The molecule has 0 atom stereocenters. The number of nitrogens with zero attached hydrogens (tertiary/aromatic N) is 2. The van der Waals surface area contributed by atoms with E-state index in [0.717, 1.165) is 43.1 Å². The molecule has 0 aliphatic carbocycles. The van der Waals surface area contributed by atoms with E-state index in [4.69, 9.17) is 0 Å². The zero-order chi connectivity index (χ0) is 20.5. The summed E-state index contributed by atoms with van der Waals surface area (Å²) in [5, 5.41) is 3.28. The van der Waals surface area contributed by atoms with Gasteiger partial charge in [-0.3, -0.25) is 9.59 Å². The predicted molar refractivity (Wildman–Crippen MR) is 120 cm³/mol. The Bertz CT molecular complexity index is 1070. The highest BCUT2D eigenvalue weighted by molar-refractivity contribution is 5.87. The van der Waals surface area contributed by atoms with Crippen LogP contribution in [-0.4, -0.2) is 38.1 Å². The molecule has 0 bridgehead atoms. The molecule has 1 aliphatic rings. The summed E-state index contributed by atoms with van der Waals surface area (Å²) in [5.74, 6) is 0.421. The van der Waals surface area contributed by atoms with E-state index in [2.05, 4.69) is 42.1 Å². The van der Waals surface area contributed by atoms with Crippen molar-refractivity contribution in [2.45, 2.75) is 19.8 Å². The van der Waals surface area contributed by atoms with Crippen LogP contribution in [0.1, 0.15) is 25.3 Å². The van der Waals surface area contributed by atoms with Gasteiger partial charge in [-0.15, -0.1) is 0 Å². The van der Waals surface area contributed by atoms with Gasteiger partial charge < -0.3 is 15.1 Å². The second kappa shape index (κ2) is 7.84. The van der Waals surface area contributed by atoms with Crippen LogP contribution in [0.5, 0.6) is 0 Å². The fourth-order valence-electron chi connectivity index (χ4n) is 3.86. The van der Waals surface area contributed by atoms with Gasteiger partial charge in [-0.25, -0.2) is 0 Å². The largest absolute Gasteiger partial charge is 0.367 e. The molecule has 3 aromatic rings. The lowest BCUT2D eigenvalue weighted by Crippen LogP contribution is -2.44. The quantitative estimate of drug-likeness (QED) is 0.676. The van der Waals surface area contributed by atoms with Gasteiger partial charge in [0.1, 0.15) is 5.69 Å². The maximum atomic E-state index is 12.4. The molecule has 4 rings (SSSR count). The Hall–Kier alpha value is -2.92. The maximum absolute atomic E-state index is 12.4. The third-order valence-corrected chi connectivity index (χ3v) is 5.78. The summed E-state index contributed by atoms with van der Waals surface area (Å²) in [7, 11) is 2.13. The summed E-state index contributed by atoms with van der Waals surface area (Å²) in [6.45, 7) is 8.14. The molecule has 0 spiro atoms. The number of likely N-dealkylation sites (N-methyl/N-ethyl adjacent to an activating group) is 1. The van der Waals surface area contributed by atoms with E-state index in [1.807, 2.05) is 42.5 Å². The van der Waals surface area contributed by atoms with Crippen molar-refractivity contribution in [1.29, 1.82) is 0 Å². The number of anilines is 3. The summed E-state index contributed by atoms with van der Waals surface area (Å²) < 4.78 is 0. The Morgan fingerprint density at radius 1 is 0.862 bits per heavy atom. The number of hydrogen-bond acceptors (Lipinski definition) is 5. The highest BCUT2D eigenvalue weighted by Crippen LogP contribution is 2.32. The third-order valence-electron chi connectivity index (χ3n) is 5.78. The lowest BCUT2D eigenvalue weighted by Gasteiger charge is -2.35. The molecule has 1 aliphatic heterocycles. The highest BCUT2D eigenvalue weighted by atomic mass is 16.2. The Kier molecular flexibility index (Phi) is 5.24. The third kappa shape index (κ3) is 3.70. The van der Waals surface area contributed by atoms with Gasteiger partial charge in [0.15, 0.2) is 0 Å². The van der Waals surface area contributed by atoms with Crippen LogP contribution in [0, 0.1) is 0 Å². The van der Waals surface area contributed by atoms with Crippen molar-refractivity contribution in [2.24, 2.45) is 0 Å². The molecule has 0 aromatic heterocycles. The molecule has 3 aromatic carbocycles. The predicted octanol–water partition coefficient (Wildman–Crippen LogP) is 3.57. The molecule has 0 amide bonds. The van der Waals surface area contributed by atoms with Crippen LogP contribution in [0.25, 0.3) is 11.1 Å². The minimum absolute atomic E-state index is 0.397. The van der Waals surface area contributed by atoms with Crippen LogP contribution in [0.2, 0.25) is 0 Å². The first-order valence-electron chi connectivity index (χ1n) is 10.2. The lowest BCUT2D eigenvalue weighted by molar-refractivity contribution is 0.313. The van der Waals surface area contributed by atoms with Crippen LogP contribution in [-0.2, 0) is 0 Å². The van der Waals surface area contributed by atoms with E-state index in [9.17, 15) is 9.59 Å². The molecule has 0 radical (unpaired) electrons. The Morgan fingerprint density at radius 2 is 1.52 bits per heavy atom. The van der Waals surface area contributed by atoms with Gasteiger partial charge in [0.2, 0.25) is 5.43 Å². The van der Waals surface area contributed by atoms with Crippen molar-refractivity contribution in [3.63, 3.8) is 0 Å². The van der Waals surface area contributed by atoms with E-state index in [-0.39, 0.29) is 0 Å². The van der Waals surface area contributed by atoms with Crippen LogP contribution in [0.15, 0.2) is 58.1 Å². The zero-order valence-electron chi connectivity index (χ0n) is 17.2. The van der Waals surface area contributed by atoms with Crippen molar-refractivity contribution >= 4 is 17.1 Å². The van der Waals surface area contributed by atoms with Gasteiger partial charge in [-0.1, -0.05) is 50.2 Å². The first-order valence-corrected chi connectivity index (χ1v) is 10.2.